The van der Waals surface area contributed by atoms with Crippen molar-refractivity contribution in [2.75, 3.05) is 213 Å². The minimum absolute atomic E-state index is 0. The summed E-state index contributed by atoms with van der Waals surface area (Å²) in [6.07, 6.45) is 13.2. The fourth-order valence-electron chi connectivity index (χ4n) is 14.1. The van der Waals surface area contributed by atoms with Crippen molar-refractivity contribution in [3.05, 3.63) is 71.9 Å². The van der Waals surface area contributed by atoms with Gasteiger partial charge in [-0.15, -0.1) is 5.06 Å². The van der Waals surface area contributed by atoms with Gasteiger partial charge in [-0.3, -0.25) is 53.3 Å². The number of piperazine rings is 2. The number of aromatic nitrogens is 1. The molecule has 0 bridgehead atoms. The number of benzene rings is 2. The Kier molecular flexibility index (Phi) is 54.9. The number of urea groups is 1. The molecule has 684 valence electrons. The van der Waals surface area contributed by atoms with Crippen molar-refractivity contribution in [2.24, 2.45) is 5.92 Å². The van der Waals surface area contributed by atoms with Gasteiger partial charge in [0.25, 0.3) is 30.1 Å². The average molecular weight is 1880 g/mol. The third kappa shape index (κ3) is 40.3. The van der Waals surface area contributed by atoms with Crippen LogP contribution in [-0.2, 0) is 95.5 Å². The summed E-state index contributed by atoms with van der Waals surface area (Å²) in [7, 11) is 1.54. The van der Waals surface area contributed by atoms with E-state index in [4.69, 9.17) is 62.3 Å². The molecule has 0 spiro atoms. The topological polar surface area (TPSA) is 440 Å². The first kappa shape index (κ1) is 109. The van der Waals surface area contributed by atoms with Crippen molar-refractivity contribution in [3.8, 4) is 5.75 Å². The van der Waals surface area contributed by atoms with Crippen LogP contribution in [0.2, 0.25) is 0 Å². The number of methoxy groups -OCH3 is 1. The molecule has 8 fully saturated rings. The van der Waals surface area contributed by atoms with E-state index in [1.54, 1.807) is 28.1 Å². The van der Waals surface area contributed by atoms with Crippen LogP contribution in [-0.4, -0.2) is 328 Å². The zero-order valence-electron chi connectivity index (χ0n) is 73.2. The smallest absolute Gasteiger partial charge is 1.00 e. The number of carbonyl (C=O) groups excluding carboxylic acids is 12. The molecule has 125 heavy (non-hydrogen) atoms. The Bertz CT molecular complexity index is 3820. The minimum Gasteiger partial charge on any atom is -1.00 e. The van der Waals surface area contributed by atoms with Crippen molar-refractivity contribution in [1.82, 2.24) is 51.3 Å². The second-order valence-electron chi connectivity index (χ2n) is 29.3. The maximum Gasteiger partial charge on any atom is 1.00 e. The number of amides is 11. The van der Waals surface area contributed by atoms with E-state index >= 15 is 0 Å². The quantitative estimate of drug-likeness (QED) is 0.00519. The van der Waals surface area contributed by atoms with Crippen molar-refractivity contribution in [2.45, 2.75) is 141 Å². The summed E-state index contributed by atoms with van der Waals surface area (Å²) in [6.45, 7) is 18.4. The fourth-order valence-corrected chi connectivity index (χ4v) is 19.2. The van der Waals surface area contributed by atoms with E-state index in [0.717, 1.165) is 83.6 Å². The fraction of sp³-hybridized carbons (Fsp3) is 0.646. The van der Waals surface area contributed by atoms with Gasteiger partial charge in [-0.05, 0) is 93.5 Å². The molecule has 6 atom stereocenters. The number of thiazole rings is 1. The molecule has 8 saturated heterocycles. The van der Waals surface area contributed by atoms with Gasteiger partial charge in [0.2, 0.25) is 29.5 Å². The summed E-state index contributed by atoms with van der Waals surface area (Å²) in [5.41, 5.74) is 2.82. The van der Waals surface area contributed by atoms with Crippen LogP contribution in [0.4, 0.5) is 15.6 Å². The predicted molar refractivity (Wildman–Crippen MR) is 456 cm³/mol. The minimum atomic E-state index is -0.701. The molecule has 11 amide bonds. The second kappa shape index (κ2) is 63.1. The van der Waals surface area contributed by atoms with Gasteiger partial charge in [-0.2, -0.15) is 23.5 Å². The number of hydrogen-bond donors (Lipinski definition) is 6. The molecule has 37 nitrogen and oxygen atoms in total. The molecule has 0 aliphatic carbocycles. The number of aryl methyl sites for hydroxylation is 1. The van der Waals surface area contributed by atoms with Crippen molar-refractivity contribution in [3.63, 3.8) is 0 Å². The Balaban J connectivity index is 0.000000453. The zero-order valence-corrected chi connectivity index (χ0v) is 81.7. The van der Waals surface area contributed by atoms with Gasteiger partial charge in [0.05, 0.1) is 154 Å². The molecule has 0 radical (unpaired) electrons. The van der Waals surface area contributed by atoms with Gasteiger partial charge >= 0.3 is 115 Å². The number of hydrogen-bond acceptors (Lipinski definition) is 31. The maximum atomic E-state index is 13.6. The first-order valence-electron chi connectivity index (χ1n) is 41.9. The molecule has 0 saturated carbocycles. The number of imide groups is 1. The first-order chi connectivity index (χ1) is 59.8. The van der Waals surface area contributed by atoms with E-state index in [2.05, 4.69) is 53.3 Å². The number of nitrogens with zero attached hydrogens (tertiary/aromatic N) is 6. The summed E-state index contributed by atoms with van der Waals surface area (Å²) < 4.78 is 55.2. The van der Waals surface area contributed by atoms with E-state index in [-0.39, 0.29) is 203 Å². The van der Waals surface area contributed by atoms with Crippen molar-refractivity contribution in [1.29, 1.82) is 0 Å². The van der Waals surface area contributed by atoms with E-state index in [9.17, 15) is 52.7 Å². The van der Waals surface area contributed by atoms with E-state index in [1.807, 2.05) is 59.6 Å². The predicted octanol–water partition coefficient (Wildman–Crippen LogP) is -2.02. The van der Waals surface area contributed by atoms with Crippen LogP contribution in [0.5, 0.6) is 5.75 Å². The number of unbranched alkanes of at least 4 members (excludes halogenated alkanes) is 2. The van der Waals surface area contributed by atoms with Crippen LogP contribution in [0, 0.1) is 12.8 Å². The van der Waals surface area contributed by atoms with E-state index in [1.165, 1.54) is 49.1 Å². The van der Waals surface area contributed by atoms with Crippen LogP contribution in [0.3, 0.4) is 0 Å². The standard InChI is InChI=1S/C51H69N9O11S3.C26H41N3O10S.C4H8O.CH2O3.2K.H/c1-4-44(62)58-19-21-60(22-20-58)49(65)38-32-42(35(2)31-40(38)67-3)73-46-33-53-51(74-46)56-48(64)36-9-11-37(12-10-36)57-15-17-59(18-16-57)45(63)13-23-68-25-27-70-29-30-71-28-26-69-24-14-52-43(61)8-6-5-7-41-47-39(34-72-41)54-50(66)55-47;30-22(4-2-1-3-21-19-17-23(31)28-20(19)18-40-21)27-8-10-36-12-14-38-16-15-37-13-11-35-9-7-26(34)39-29-24(32)5-6-25(29)33;1-2-4-5-3-1;2-1-4-3;;;/h4,9-12,31-33,39,41,47H,1,5-8,13-30,34H2,2-3H3,(H,52,61)(H,53,56,64)(H2,54,55,66);19-21H,1-18H2,(H,27,30)(H,28,31);1-4H2;1,3H;;;/q;;;;2*+1;-1/p-1. The Hall–Kier alpha value is -5.03. The van der Waals surface area contributed by atoms with Crippen LogP contribution in [0.15, 0.2) is 64.4 Å². The van der Waals surface area contributed by atoms with Gasteiger partial charge in [-0.25, -0.2) is 14.6 Å². The summed E-state index contributed by atoms with van der Waals surface area (Å²) in [5.74, 6) is 0.854. The van der Waals surface area contributed by atoms with Gasteiger partial charge in [-0.1, -0.05) is 42.5 Å². The summed E-state index contributed by atoms with van der Waals surface area (Å²) in [5, 5.41) is 28.0. The van der Waals surface area contributed by atoms with Crippen LogP contribution in [0.25, 0.3) is 0 Å². The number of anilines is 2. The number of hydroxylamine groups is 2. The van der Waals surface area contributed by atoms with Crippen molar-refractivity contribution < 1.29 is 224 Å². The number of fused-ring (bicyclic) bond motifs is 2. The van der Waals surface area contributed by atoms with Gasteiger partial charge in [0.1, 0.15) is 5.75 Å². The number of nitrogens with one attached hydrogen (secondary N) is 6. The SMILES string of the molecule is C1CCOC1.C=CC(=O)N1CCN(C(=O)c2cc(Sc3cnc(NC(=O)c4ccc(N5CCN(C(=O)CCOCCOCCOCCOCCNC(=O)CCCCC6SCC7NC(=O)NC76)CC5)cc4)s3)c(C)cc2OC)CC1.O=C(CCCCC1SCC2NC(=O)CC21)NCCOCCOCCOCCOCCC(=O)ON1C(=O)CCC1=O.O=CO[O-].[H-].[K+].[K+]. The summed E-state index contributed by atoms with van der Waals surface area (Å²) >= 11 is 6.63. The summed E-state index contributed by atoms with van der Waals surface area (Å²) in [4.78, 5) is 162. The Labute approximate surface area is 833 Å². The Morgan fingerprint density at radius 3 is 1.70 bits per heavy atom. The van der Waals surface area contributed by atoms with E-state index < -0.39 is 17.8 Å². The molecule has 1 aromatic heterocycles. The monoisotopic (exact) mass is 1880 g/mol. The molecular weight excluding hydrogens is 1760 g/mol. The molecule has 9 heterocycles. The molecule has 8 aliphatic heterocycles. The van der Waals surface area contributed by atoms with Crippen LogP contribution < -0.4 is 150 Å². The molecular formula is C82H120K2N12O25S4. The zero-order chi connectivity index (χ0) is 87.8. The van der Waals surface area contributed by atoms with Crippen LogP contribution >= 0.6 is 46.6 Å². The molecule has 43 heteroatoms. The molecule has 3 aromatic rings. The first-order valence-corrected chi connectivity index (χ1v) is 45.7. The third-order valence-electron chi connectivity index (χ3n) is 20.6. The van der Waals surface area contributed by atoms with Gasteiger partial charge in [0.15, 0.2) is 5.13 Å². The van der Waals surface area contributed by atoms with Crippen LogP contribution in [0.1, 0.15) is 124 Å². The Morgan fingerprint density at radius 2 is 1.16 bits per heavy atom. The number of thioether (sulfide) groups is 2. The number of rotatable bonds is 50. The number of ether oxygens (including phenoxy) is 10. The third-order valence-corrected chi connectivity index (χ3v) is 25.9. The summed E-state index contributed by atoms with van der Waals surface area (Å²) in [6, 6.07) is 11.8. The molecule has 11 rings (SSSR count). The number of carbonyl (C=O) groups is 12. The second-order valence-corrected chi connectivity index (χ2v) is 34.2. The largest absolute Gasteiger partial charge is 1.00 e. The average Bonchev–Trinajstić information content (AvgIpc) is 1.49. The van der Waals surface area contributed by atoms with Gasteiger partial charge < -0.3 is 110 Å². The van der Waals surface area contributed by atoms with Gasteiger partial charge in [0, 0.05) is 161 Å². The van der Waals surface area contributed by atoms with E-state index in [0.29, 0.717) is 233 Å². The van der Waals surface area contributed by atoms with Crippen molar-refractivity contribution >= 4 is 129 Å². The molecule has 2 aromatic carbocycles. The molecule has 6 unspecified atom stereocenters. The maximum absolute atomic E-state index is 13.6. The normalized spacial score (nSPS) is 19.1. The molecule has 6 N–H and O–H groups in total. The molecule has 8 aliphatic rings. The Morgan fingerprint density at radius 1 is 0.640 bits per heavy atom.